The lowest BCUT2D eigenvalue weighted by Gasteiger charge is -2.14. The van der Waals surface area contributed by atoms with E-state index in [9.17, 15) is 9.90 Å². The Morgan fingerprint density at radius 1 is 1.29 bits per heavy atom. The van der Waals surface area contributed by atoms with Crippen molar-refractivity contribution in [1.82, 2.24) is 0 Å². The fraction of sp³-hybridized carbons (Fsp3) is 0.235. The van der Waals surface area contributed by atoms with E-state index in [-0.39, 0.29) is 5.56 Å². The van der Waals surface area contributed by atoms with Gasteiger partial charge in [0.25, 0.3) is 0 Å². The Labute approximate surface area is 124 Å². The normalized spacial score (nSPS) is 10.4. The van der Waals surface area contributed by atoms with Crippen LogP contribution in [0, 0.1) is 6.92 Å². The number of anilines is 3. The maximum atomic E-state index is 11.2. The average molecular weight is 284 g/mol. The van der Waals surface area contributed by atoms with Crippen molar-refractivity contribution >= 4 is 23.0 Å². The van der Waals surface area contributed by atoms with E-state index in [2.05, 4.69) is 18.3 Å². The molecular formula is C17H20N2O2. The van der Waals surface area contributed by atoms with Crippen molar-refractivity contribution in [3.05, 3.63) is 53.1 Å². The second kappa shape index (κ2) is 6.31. The molecule has 2 aromatic rings. The number of aromatic carboxylic acids is 1. The summed E-state index contributed by atoms with van der Waals surface area (Å²) < 4.78 is 0. The fourth-order valence-electron chi connectivity index (χ4n) is 2.33. The number of nitrogens with one attached hydrogen (secondary N) is 1. The molecule has 0 heterocycles. The van der Waals surface area contributed by atoms with Crippen molar-refractivity contribution in [1.29, 1.82) is 0 Å². The van der Waals surface area contributed by atoms with E-state index < -0.39 is 5.97 Å². The fourth-order valence-corrected chi connectivity index (χ4v) is 2.33. The van der Waals surface area contributed by atoms with Gasteiger partial charge in [0.05, 0.1) is 5.56 Å². The van der Waals surface area contributed by atoms with Gasteiger partial charge >= 0.3 is 5.97 Å². The van der Waals surface area contributed by atoms with Gasteiger partial charge in [0.15, 0.2) is 0 Å². The number of para-hydroxylation sites is 1. The van der Waals surface area contributed by atoms with Crippen LogP contribution in [0.15, 0.2) is 36.4 Å². The largest absolute Gasteiger partial charge is 0.478 e. The van der Waals surface area contributed by atoms with E-state index in [0.29, 0.717) is 5.69 Å². The van der Waals surface area contributed by atoms with Crippen molar-refractivity contribution in [3.63, 3.8) is 0 Å². The number of carboxylic acid groups (broad SMARTS) is 1. The number of carboxylic acids is 1. The molecule has 0 aliphatic rings. The molecule has 110 valence electrons. The van der Waals surface area contributed by atoms with E-state index in [1.165, 1.54) is 5.56 Å². The predicted molar refractivity (Wildman–Crippen MR) is 86.3 cm³/mol. The molecule has 0 atom stereocenters. The van der Waals surface area contributed by atoms with Gasteiger partial charge < -0.3 is 16.2 Å². The average Bonchev–Trinajstić information content (AvgIpc) is 2.44. The zero-order valence-corrected chi connectivity index (χ0v) is 12.3. The Bertz CT molecular complexity index is 666. The summed E-state index contributed by atoms with van der Waals surface area (Å²) in [5.74, 6) is -1.01. The smallest absolute Gasteiger partial charge is 0.337 e. The van der Waals surface area contributed by atoms with Gasteiger partial charge in [-0.25, -0.2) is 4.79 Å². The van der Waals surface area contributed by atoms with Gasteiger partial charge in [0.1, 0.15) is 0 Å². The summed E-state index contributed by atoms with van der Waals surface area (Å²) in [4.78, 5) is 11.2. The third-order valence-corrected chi connectivity index (χ3v) is 3.43. The molecule has 0 fully saturated rings. The quantitative estimate of drug-likeness (QED) is 0.726. The van der Waals surface area contributed by atoms with Crippen LogP contribution < -0.4 is 11.1 Å². The Hall–Kier alpha value is -2.49. The van der Waals surface area contributed by atoms with Crippen LogP contribution in [0.4, 0.5) is 17.1 Å². The zero-order valence-electron chi connectivity index (χ0n) is 12.3. The van der Waals surface area contributed by atoms with Crippen LogP contribution in [0.3, 0.4) is 0 Å². The van der Waals surface area contributed by atoms with Gasteiger partial charge in [-0.3, -0.25) is 0 Å². The van der Waals surface area contributed by atoms with Gasteiger partial charge in [-0.1, -0.05) is 31.5 Å². The summed E-state index contributed by atoms with van der Waals surface area (Å²) in [6.07, 6.45) is 2.03. The summed E-state index contributed by atoms with van der Waals surface area (Å²) in [5, 5.41) is 12.5. The van der Waals surface area contributed by atoms with Gasteiger partial charge in [-0.2, -0.15) is 0 Å². The van der Waals surface area contributed by atoms with Crippen LogP contribution >= 0.6 is 0 Å². The lowest BCUT2D eigenvalue weighted by Crippen LogP contribution is -2.06. The van der Waals surface area contributed by atoms with Crippen molar-refractivity contribution in [2.45, 2.75) is 26.7 Å². The number of benzene rings is 2. The molecule has 4 N–H and O–H groups in total. The lowest BCUT2D eigenvalue weighted by molar-refractivity contribution is 0.0698. The third-order valence-electron chi connectivity index (χ3n) is 3.43. The van der Waals surface area contributed by atoms with E-state index in [1.54, 1.807) is 6.07 Å². The molecule has 0 bridgehead atoms. The number of carbonyl (C=O) groups is 1. The predicted octanol–water partition coefficient (Wildman–Crippen LogP) is 3.97. The number of rotatable bonds is 5. The molecular weight excluding hydrogens is 264 g/mol. The van der Waals surface area contributed by atoms with E-state index in [4.69, 9.17) is 5.73 Å². The molecule has 0 saturated heterocycles. The van der Waals surface area contributed by atoms with Crippen molar-refractivity contribution in [2.75, 3.05) is 11.1 Å². The van der Waals surface area contributed by atoms with Gasteiger partial charge in [-0.05, 0) is 42.7 Å². The molecule has 4 nitrogen and oxygen atoms in total. The summed E-state index contributed by atoms with van der Waals surface area (Å²) in [5.41, 5.74) is 9.97. The van der Waals surface area contributed by atoms with Crippen LogP contribution in [-0.2, 0) is 6.42 Å². The first-order valence-electron chi connectivity index (χ1n) is 7.01. The minimum absolute atomic E-state index is 0.130. The number of nitrogen functional groups attached to an aromatic ring is 1. The highest BCUT2D eigenvalue weighted by Gasteiger charge is 2.12. The van der Waals surface area contributed by atoms with Gasteiger partial charge in [-0.15, -0.1) is 0 Å². The summed E-state index contributed by atoms with van der Waals surface area (Å²) in [6.45, 7) is 3.94. The van der Waals surface area contributed by atoms with Crippen LogP contribution in [-0.4, -0.2) is 11.1 Å². The molecule has 2 rings (SSSR count). The highest BCUT2D eigenvalue weighted by molar-refractivity contribution is 5.96. The Morgan fingerprint density at radius 2 is 2.00 bits per heavy atom. The molecule has 0 aromatic heterocycles. The lowest BCUT2D eigenvalue weighted by atomic mass is 10.1. The SMILES string of the molecule is CCCc1ccccc1Nc1cc(C)c(N)c(C(=O)O)c1. The minimum atomic E-state index is -1.01. The van der Waals surface area contributed by atoms with Gasteiger partial charge in [0.2, 0.25) is 0 Å². The van der Waals surface area contributed by atoms with E-state index in [1.807, 2.05) is 31.2 Å². The summed E-state index contributed by atoms with van der Waals surface area (Å²) in [7, 11) is 0. The highest BCUT2D eigenvalue weighted by atomic mass is 16.4. The number of hydrogen-bond donors (Lipinski definition) is 3. The highest BCUT2D eigenvalue weighted by Crippen LogP contribution is 2.27. The third kappa shape index (κ3) is 3.34. The van der Waals surface area contributed by atoms with Crippen molar-refractivity contribution in [2.24, 2.45) is 0 Å². The number of hydrogen-bond acceptors (Lipinski definition) is 3. The molecule has 0 radical (unpaired) electrons. The number of aryl methyl sites for hydroxylation is 2. The first kappa shape index (κ1) is 14.9. The molecule has 0 aliphatic heterocycles. The summed E-state index contributed by atoms with van der Waals surface area (Å²) in [6, 6.07) is 11.5. The first-order valence-corrected chi connectivity index (χ1v) is 7.01. The zero-order chi connectivity index (χ0) is 15.4. The molecule has 4 heteroatoms. The molecule has 0 spiro atoms. The molecule has 0 aliphatic carbocycles. The van der Waals surface area contributed by atoms with Crippen molar-refractivity contribution < 1.29 is 9.90 Å². The maximum Gasteiger partial charge on any atom is 0.337 e. The summed E-state index contributed by atoms with van der Waals surface area (Å²) >= 11 is 0. The second-order valence-corrected chi connectivity index (χ2v) is 5.09. The molecule has 0 amide bonds. The van der Waals surface area contributed by atoms with E-state index in [0.717, 1.165) is 29.8 Å². The Balaban J connectivity index is 2.38. The monoisotopic (exact) mass is 284 g/mol. The first-order chi connectivity index (χ1) is 10.0. The molecule has 0 unspecified atom stereocenters. The van der Waals surface area contributed by atoms with Crippen LogP contribution in [0.25, 0.3) is 0 Å². The maximum absolute atomic E-state index is 11.2. The molecule has 21 heavy (non-hydrogen) atoms. The topological polar surface area (TPSA) is 75.3 Å². The number of nitrogens with two attached hydrogens (primary N) is 1. The molecule has 2 aromatic carbocycles. The Morgan fingerprint density at radius 3 is 2.67 bits per heavy atom. The van der Waals surface area contributed by atoms with E-state index >= 15 is 0 Å². The minimum Gasteiger partial charge on any atom is -0.478 e. The van der Waals surface area contributed by atoms with Crippen molar-refractivity contribution in [3.8, 4) is 0 Å². The van der Waals surface area contributed by atoms with Gasteiger partial charge in [0, 0.05) is 17.1 Å². The van der Waals surface area contributed by atoms with Crippen LogP contribution in [0.1, 0.15) is 34.8 Å². The van der Waals surface area contributed by atoms with Crippen LogP contribution in [0.2, 0.25) is 0 Å². The second-order valence-electron chi connectivity index (χ2n) is 5.09. The van der Waals surface area contributed by atoms with Crippen LogP contribution in [0.5, 0.6) is 0 Å². The Kier molecular flexibility index (Phi) is 4.48. The standard InChI is InChI=1S/C17H20N2O2/c1-3-6-12-7-4-5-8-15(12)19-13-9-11(2)16(18)14(10-13)17(20)21/h4-5,7-10,19H,3,6,18H2,1-2H3,(H,20,21). The molecule has 0 saturated carbocycles.